The summed E-state index contributed by atoms with van der Waals surface area (Å²) >= 11 is 6.44. The number of nitrogens with two attached hydrogens (primary N) is 1. The van der Waals surface area contributed by atoms with Gasteiger partial charge in [0, 0.05) is 24.5 Å². The smallest absolute Gasteiger partial charge is 0.147 e. The molecule has 1 aromatic carbocycles. The zero-order valence-corrected chi connectivity index (χ0v) is 20.7. The van der Waals surface area contributed by atoms with Gasteiger partial charge in [-0.15, -0.1) is 0 Å². The third kappa shape index (κ3) is 5.64. The molecule has 0 bridgehead atoms. The van der Waals surface area contributed by atoms with Crippen LogP contribution in [0.15, 0.2) is 47.0 Å². The number of nitrogens with zero attached hydrogens (tertiary/aromatic N) is 2. The molecule has 0 atom stereocenters. The molecule has 0 spiro atoms. The van der Waals surface area contributed by atoms with Crippen molar-refractivity contribution in [2.45, 2.75) is 79.1 Å². The summed E-state index contributed by atoms with van der Waals surface area (Å²) in [5, 5.41) is 0.212. The number of hydrogen-bond acceptors (Lipinski definition) is 3. The van der Waals surface area contributed by atoms with E-state index < -0.39 is 0 Å². The predicted octanol–water partition coefficient (Wildman–Crippen LogP) is 7.29. The zero-order valence-electron chi connectivity index (χ0n) is 20.0. The molecule has 0 saturated heterocycles. The van der Waals surface area contributed by atoms with Gasteiger partial charge in [0.25, 0.3) is 0 Å². The van der Waals surface area contributed by atoms with Crippen molar-refractivity contribution in [3.05, 3.63) is 69.5 Å². The number of amidine groups is 1. The van der Waals surface area contributed by atoms with E-state index in [4.69, 9.17) is 17.3 Å². The molecule has 32 heavy (non-hydrogen) atoms. The minimum Gasteiger partial charge on any atom is -0.382 e. The van der Waals surface area contributed by atoms with E-state index in [1.54, 1.807) is 12.3 Å². The fourth-order valence-electron chi connectivity index (χ4n) is 4.99. The molecule has 2 N–H and O–H groups in total. The molecule has 1 fully saturated rings. The molecule has 1 saturated carbocycles. The molecule has 174 valence electrons. The maximum Gasteiger partial charge on any atom is 0.147 e. The molecule has 0 aromatic heterocycles. The molecule has 0 amide bonds. The van der Waals surface area contributed by atoms with Crippen LogP contribution < -0.4 is 5.73 Å². The molecule has 3 nitrogen and oxygen atoms in total. The van der Waals surface area contributed by atoms with Crippen molar-refractivity contribution in [3.63, 3.8) is 0 Å². The van der Waals surface area contributed by atoms with Gasteiger partial charge in [-0.3, -0.25) is 0 Å². The van der Waals surface area contributed by atoms with Gasteiger partial charge in [0.1, 0.15) is 11.7 Å². The number of halogens is 2. The molecule has 1 aliphatic carbocycles. The Morgan fingerprint density at radius 1 is 1.25 bits per heavy atom. The minimum atomic E-state index is -0.235. The van der Waals surface area contributed by atoms with Crippen LogP contribution in [-0.4, -0.2) is 10.7 Å². The van der Waals surface area contributed by atoms with Crippen molar-refractivity contribution in [1.29, 1.82) is 0 Å². The number of allylic oxidation sites excluding steroid dienone is 2. The van der Waals surface area contributed by atoms with Crippen LogP contribution in [0, 0.1) is 17.7 Å². The van der Waals surface area contributed by atoms with Crippen LogP contribution >= 0.6 is 11.6 Å². The average molecular weight is 458 g/mol. The minimum absolute atomic E-state index is 0.212. The molecule has 1 aliphatic heterocycles. The maximum absolute atomic E-state index is 15.3. The summed E-state index contributed by atoms with van der Waals surface area (Å²) in [6, 6.07) is 1.80. The Kier molecular flexibility index (Phi) is 8.21. The molecule has 3 rings (SSSR count). The summed E-state index contributed by atoms with van der Waals surface area (Å²) in [7, 11) is 0. The second kappa shape index (κ2) is 10.7. The Labute approximate surface area is 197 Å². The van der Waals surface area contributed by atoms with Crippen LogP contribution in [-0.2, 0) is 19.3 Å². The Balaban J connectivity index is 1.98. The first-order valence-corrected chi connectivity index (χ1v) is 12.2. The molecule has 0 unspecified atom stereocenters. The van der Waals surface area contributed by atoms with E-state index in [9.17, 15) is 0 Å². The molecule has 0 radical (unpaired) electrons. The standard InChI is InChI=1S/C27H37ClFN3/c1-17(2)13-22-21(14-19(5)32-12-11-31-27(30)26(32)18(3)4)16-24(28)25(29)23(22)15-20-9-7-6-8-10-20/h11-12,16-17,20H,5-10,13-15H2,1-4H3,(H2,30,31). The summed E-state index contributed by atoms with van der Waals surface area (Å²) in [5.74, 6) is 1.20. The fraction of sp³-hybridized carbons (Fsp3) is 0.519. The van der Waals surface area contributed by atoms with Crippen molar-refractivity contribution in [1.82, 2.24) is 4.90 Å². The van der Waals surface area contributed by atoms with E-state index in [2.05, 4.69) is 25.4 Å². The quantitative estimate of drug-likeness (QED) is 0.466. The lowest BCUT2D eigenvalue weighted by molar-refractivity contribution is 0.351. The van der Waals surface area contributed by atoms with Gasteiger partial charge in [-0.1, -0.05) is 64.1 Å². The molecule has 2 aliphatic rings. The first-order valence-electron chi connectivity index (χ1n) is 11.8. The van der Waals surface area contributed by atoms with Gasteiger partial charge < -0.3 is 10.6 Å². The van der Waals surface area contributed by atoms with Crippen LogP contribution in [0.2, 0.25) is 5.02 Å². The third-order valence-corrected chi connectivity index (χ3v) is 6.75. The van der Waals surface area contributed by atoms with Gasteiger partial charge in [0.2, 0.25) is 0 Å². The largest absolute Gasteiger partial charge is 0.382 e. The molecule has 1 aromatic rings. The molecular formula is C27H37ClFN3. The summed E-state index contributed by atoms with van der Waals surface area (Å²) < 4.78 is 15.3. The Hall–Kier alpha value is -2.07. The number of benzene rings is 1. The van der Waals surface area contributed by atoms with Gasteiger partial charge in [0.15, 0.2) is 0 Å². The summed E-state index contributed by atoms with van der Waals surface area (Å²) in [6.45, 7) is 12.7. The van der Waals surface area contributed by atoms with E-state index in [1.165, 1.54) is 32.1 Å². The van der Waals surface area contributed by atoms with Crippen molar-refractivity contribution in [2.24, 2.45) is 22.6 Å². The van der Waals surface area contributed by atoms with Crippen LogP contribution in [0.4, 0.5) is 4.39 Å². The molecule has 5 heteroatoms. The van der Waals surface area contributed by atoms with Crippen LogP contribution in [0.1, 0.15) is 76.5 Å². The lowest BCUT2D eigenvalue weighted by Crippen LogP contribution is -2.31. The van der Waals surface area contributed by atoms with Gasteiger partial charge >= 0.3 is 0 Å². The van der Waals surface area contributed by atoms with Gasteiger partial charge in [-0.05, 0) is 66.9 Å². The van der Waals surface area contributed by atoms with Gasteiger partial charge in [0.05, 0.1) is 10.7 Å². The second-order valence-electron chi connectivity index (χ2n) is 9.87. The monoisotopic (exact) mass is 457 g/mol. The second-order valence-corrected chi connectivity index (χ2v) is 10.3. The van der Waals surface area contributed by atoms with Crippen molar-refractivity contribution >= 4 is 17.4 Å². The van der Waals surface area contributed by atoms with Crippen LogP contribution in [0.25, 0.3) is 0 Å². The van der Waals surface area contributed by atoms with Crippen molar-refractivity contribution < 1.29 is 4.39 Å². The Morgan fingerprint density at radius 3 is 2.56 bits per heavy atom. The Morgan fingerprint density at radius 2 is 1.94 bits per heavy atom. The Bertz CT molecular complexity index is 948. The SMILES string of the molecule is C=C(Cc1cc(Cl)c(F)c(CC2CCCCC2)c1CC(C)C)N1C=CN=C(N)C1=C(C)C. The lowest BCUT2D eigenvalue weighted by atomic mass is 9.81. The number of aliphatic imine (C=N–C) groups is 1. The van der Waals surface area contributed by atoms with Crippen LogP contribution in [0.3, 0.4) is 0 Å². The first-order chi connectivity index (χ1) is 15.2. The van der Waals surface area contributed by atoms with E-state index in [1.807, 2.05) is 24.9 Å². The first kappa shape index (κ1) is 24.6. The fourth-order valence-corrected chi connectivity index (χ4v) is 5.24. The summed E-state index contributed by atoms with van der Waals surface area (Å²) in [6.07, 6.45) is 11.9. The van der Waals surface area contributed by atoms with E-state index in [-0.39, 0.29) is 10.8 Å². The third-order valence-electron chi connectivity index (χ3n) is 6.48. The zero-order chi connectivity index (χ0) is 23.4. The number of hydrogen-bond donors (Lipinski definition) is 1. The van der Waals surface area contributed by atoms with E-state index in [0.29, 0.717) is 24.1 Å². The average Bonchev–Trinajstić information content (AvgIpc) is 2.74. The highest BCUT2D eigenvalue weighted by Crippen LogP contribution is 2.35. The summed E-state index contributed by atoms with van der Waals surface area (Å²) in [5.41, 5.74) is 11.9. The van der Waals surface area contributed by atoms with Gasteiger partial charge in [-0.25, -0.2) is 9.38 Å². The van der Waals surface area contributed by atoms with E-state index in [0.717, 1.165) is 46.5 Å². The summed E-state index contributed by atoms with van der Waals surface area (Å²) in [4.78, 5) is 6.23. The maximum atomic E-state index is 15.3. The van der Waals surface area contributed by atoms with E-state index >= 15 is 4.39 Å². The van der Waals surface area contributed by atoms with Gasteiger partial charge in [-0.2, -0.15) is 0 Å². The highest BCUT2D eigenvalue weighted by Gasteiger charge is 2.25. The lowest BCUT2D eigenvalue weighted by Gasteiger charge is -2.30. The van der Waals surface area contributed by atoms with Crippen LogP contribution in [0.5, 0.6) is 0 Å². The molecule has 1 heterocycles. The highest BCUT2D eigenvalue weighted by molar-refractivity contribution is 6.30. The highest BCUT2D eigenvalue weighted by atomic mass is 35.5. The molecular weight excluding hydrogens is 421 g/mol. The van der Waals surface area contributed by atoms with Crippen molar-refractivity contribution in [3.8, 4) is 0 Å². The normalized spacial score (nSPS) is 17.2. The van der Waals surface area contributed by atoms with Crippen molar-refractivity contribution in [2.75, 3.05) is 0 Å². The topological polar surface area (TPSA) is 41.6 Å². The predicted molar refractivity (Wildman–Crippen MR) is 134 cm³/mol. The number of rotatable bonds is 7.